The van der Waals surface area contributed by atoms with Crippen LogP contribution in [0.15, 0.2) is 18.2 Å². The maximum atomic E-state index is 13.0. The molecule has 2 heterocycles. The number of nitrogens with one attached hydrogen (secondary N) is 2. The molecule has 2 N–H and O–H groups in total. The summed E-state index contributed by atoms with van der Waals surface area (Å²) < 4.78 is 6.04. The van der Waals surface area contributed by atoms with Crippen molar-refractivity contribution in [3.05, 3.63) is 34.9 Å². The summed E-state index contributed by atoms with van der Waals surface area (Å²) in [6.07, 6.45) is 12.2. The number of piperidine rings is 1. The van der Waals surface area contributed by atoms with Crippen molar-refractivity contribution in [2.45, 2.75) is 121 Å². The molecular weight excluding hydrogens is 454 g/mol. The predicted molar refractivity (Wildman–Crippen MR) is 137 cm³/mol. The Labute approximate surface area is 214 Å². The number of amides is 3. The number of benzene rings is 1. The van der Waals surface area contributed by atoms with Crippen LogP contribution in [0.25, 0.3) is 0 Å². The van der Waals surface area contributed by atoms with E-state index < -0.39 is 6.04 Å². The SMILES string of the molecule is CC(C)O[C@H]1CC[C@@H](N[C@H]2CCCC[C@@H]2Cc2ccc3c(c2)CN(C2CCC(=O)NC2=O)C3=O)CC1. The van der Waals surface area contributed by atoms with Gasteiger partial charge in [-0.2, -0.15) is 0 Å². The Hall–Kier alpha value is -2.25. The van der Waals surface area contributed by atoms with Crippen molar-refractivity contribution in [2.24, 2.45) is 5.92 Å². The van der Waals surface area contributed by atoms with E-state index in [-0.39, 0.29) is 24.1 Å². The molecule has 36 heavy (non-hydrogen) atoms. The lowest BCUT2D eigenvalue weighted by molar-refractivity contribution is -0.136. The minimum Gasteiger partial charge on any atom is -0.376 e. The van der Waals surface area contributed by atoms with Gasteiger partial charge in [-0.3, -0.25) is 19.7 Å². The molecule has 0 radical (unpaired) electrons. The van der Waals surface area contributed by atoms with E-state index in [1.165, 1.54) is 44.1 Å². The number of carbonyl (C=O) groups excluding carboxylic acids is 3. The maximum Gasteiger partial charge on any atom is 0.255 e. The van der Waals surface area contributed by atoms with Gasteiger partial charge in [-0.25, -0.2) is 0 Å². The van der Waals surface area contributed by atoms with Gasteiger partial charge >= 0.3 is 0 Å². The first-order valence-electron chi connectivity index (χ1n) is 14.1. The molecule has 196 valence electrons. The van der Waals surface area contributed by atoms with E-state index in [9.17, 15) is 14.4 Å². The van der Waals surface area contributed by atoms with Crippen LogP contribution >= 0.6 is 0 Å². The molecule has 2 aliphatic heterocycles. The average Bonchev–Trinajstić information content (AvgIpc) is 3.16. The maximum absolute atomic E-state index is 13.0. The van der Waals surface area contributed by atoms with Crippen molar-refractivity contribution in [2.75, 3.05) is 0 Å². The van der Waals surface area contributed by atoms with Crippen LogP contribution < -0.4 is 10.6 Å². The quantitative estimate of drug-likeness (QED) is 0.561. The number of fused-ring (bicyclic) bond motifs is 1. The molecule has 2 aliphatic carbocycles. The molecule has 3 fully saturated rings. The molecule has 3 atom stereocenters. The number of rotatable bonds is 7. The summed E-state index contributed by atoms with van der Waals surface area (Å²) in [5, 5.41) is 6.41. The molecule has 0 spiro atoms. The van der Waals surface area contributed by atoms with Gasteiger partial charge in [-0.1, -0.05) is 25.0 Å². The fourth-order valence-electron chi connectivity index (χ4n) is 6.78. The van der Waals surface area contributed by atoms with Crippen molar-refractivity contribution in [1.29, 1.82) is 0 Å². The average molecular weight is 496 g/mol. The van der Waals surface area contributed by atoms with Gasteiger partial charge in [0.25, 0.3) is 5.91 Å². The van der Waals surface area contributed by atoms with E-state index in [1.54, 1.807) is 4.90 Å². The minimum absolute atomic E-state index is 0.0969. The van der Waals surface area contributed by atoms with Gasteiger partial charge in [0.2, 0.25) is 11.8 Å². The third-order valence-electron chi connectivity index (χ3n) is 8.58. The lowest BCUT2D eigenvalue weighted by Gasteiger charge is -2.38. The van der Waals surface area contributed by atoms with Crippen LogP contribution in [0.5, 0.6) is 0 Å². The van der Waals surface area contributed by atoms with Gasteiger partial charge in [0.1, 0.15) is 6.04 Å². The first-order chi connectivity index (χ1) is 17.4. The van der Waals surface area contributed by atoms with E-state index in [0.717, 1.165) is 24.8 Å². The Bertz CT molecular complexity index is 985. The summed E-state index contributed by atoms with van der Waals surface area (Å²) in [6, 6.07) is 6.80. The highest BCUT2D eigenvalue weighted by atomic mass is 16.5. The Balaban J connectivity index is 1.20. The fraction of sp³-hybridized carbons (Fsp3) is 0.690. The van der Waals surface area contributed by atoms with Crippen molar-refractivity contribution in [3.63, 3.8) is 0 Å². The van der Waals surface area contributed by atoms with Gasteiger partial charge in [0, 0.05) is 30.6 Å². The Morgan fingerprint density at radius 3 is 2.56 bits per heavy atom. The Kier molecular flexibility index (Phi) is 7.77. The van der Waals surface area contributed by atoms with Gasteiger partial charge in [0.05, 0.1) is 12.2 Å². The standard InChI is InChI=1S/C29H41N3O4/c1-18(2)36-23-10-8-22(9-11-23)30-25-6-4-3-5-20(25)15-19-7-12-24-21(16-19)17-32(29(24)35)26-13-14-27(33)31-28(26)34/h7,12,16,18,20,22-23,25-26,30H,3-6,8-11,13-15,17H2,1-2H3,(H,31,33,34)/t20-,22-,23+,25+,26?/m1/s1. The highest BCUT2D eigenvalue weighted by Gasteiger charge is 2.39. The third kappa shape index (κ3) is 5.67. The second-order valence-corrected chi connectivity index (χ2v) is 11.6. The smallest absolute Gasteiger partial charge is 0.255 e. The fourth-order valence-corrected chi connectivity index (χ4v) is 6.78. The van der Waals surface area contributed by atoms with Crippen LogP contribution in [0.2, 0.25) is 0 Å². The molecule has 3 amide bonds. The van der Waals surface area contributed by atoms with Crippen LogP contribution in [0, 0.1) is 5.92 Å². The topological polar surface area (TPSA) is 87.7 Å². The largest absolute Gasteiger partial charge is 0.376 e. The Morgan fingerprint density at radius 2 is 1.81 bits per heavy atom. The lowest BCUT2D eigenvalue weighted by Crippen LogP contribution is -2.52. The predicted octanol–water partition coefficient (Wildman–Crippen LogP) is 3.87. The van der Waals surface area contributed by atoms with Gasteiger partial charge in [-0.05, 0) is 88.3 Å². The van der Waals surface area contributed by atoms with Crippen LogP contribution in [0.4, 0.5) is 0 Å². The molecule has 2 saturated carbocycles. The zero-order valence-corrected chi connectivity index (χ0v) is 21.8. The van der Waals surface area contributed by atoms with E-state index in [1.807, 2.05) is 6.07 Å². The van der Waals surface area contributed by atoms with Gasteiger partial charge in [0.15, 0.2) is 0 Å². The lowest BCUT2D eigenvalue weighted by atomic mass is 9.79. The van der Waals surface area contributed by atoms with Crippen molar-refractivity contribution < 1.29 is 19.1 Å². The second kappa shape index (κ2) is 11.0. The molecule has 5 rings (SSSR count). The van der Waals surface area contributed by atoms with Crippen LogP contribution in [0.3, 0.4) is 0 Å². The highest BCUT2D eigenvalue weighted by Crippen LogP contribution is 2.33. The molecule has 4 aliphatic rings. The zero-order chi connectivity index (χ0) is 25.2. The first-order valence-corrected chi connectivity index (χ1v) is 14.1. The summed E-state index contributed by atoms with van der Waals surface area (Å²) in [7, 11) is 0. The summed E-state index contributed by atoms with van der Waals surface area (Å²) in [5.74, 6) is -0.103. The molecule has 1 unspecified atom stereocenters. The molecule has 1 saturated heterocycles. The second-order valence-electron chi connectivity index (χ2n) is 11.6. The summed E-state index contributed by atoms with van der Waals surface area (Å²) in [6.45, 7) is 4.69. The molecule has 1 aromatic carbocycles. The van der Waals surface area contributed by atoms with Crippen molar-refractivity contribution >= 4 is 17.7 Å². The van der Waals surface area contributed by atoms with E-state index >= 15 is 0 Å². The zero-order valence-electron chi connectivity index (χ0n) is 21.8. The molecule has 0 aromatic heterocycles. The number of hydrogen-bond acceptors (Lipinski definition) is 5. The van der Waals surface area contributed by atoms with Crippen LogP contribution in [-0.2, 0) is 27.3 Å². The molecule has 7 heteroatoms. The molecule has 1 aromatic rings. The molecule has 0 bridgehead atoms. The molecular formula is C29H41N3O4. The van der Waals surface area contributed by atoms with Crippen LogP contribution in [0.1, 0.15) is 99.5 Å². The summed E-state index contributed by atoms with van der Waals surface area (Å²) >= 11 is 0. The first kappa shape index (κ1) is 25.4. The number of ether oxygens (including phenoxy) is 1. The van der Waals surface area contributed by atoms with E-state index in [2.05, 4.69) is 36.6 Å². The van der Waals surface area contributed by atoms with Crippen LogP contribution in [-0.4, -0.2) is 53.0 Å². The van der Waals surface area contributed by atoms with E-state index in [0.29, 0.717) is 48.7 Å². The third-order valence-corrected chi connectivity index (χ3v) is 8.58. The van der Waals surface area contributed by atoms with Crippen molar-refractivity contribution in [1.82, 2.24) is 15.5 Å². The summed E-state index contributed by atoms with van der Waals surface area (Å²) in [4.78, 5) is 38.5. The van der Waals surface area contributed by atoms with Crippen molar-refractivity contribution in [3.8, 4) is 0 Å². The normalized spacial score (nSPS) is 31.0. The number of carbonyl (C=O) groups is 3. The van der Waals surface area contributed by atoms with Gasteiger partial charge in [-0.15, -0.1) is 0 Å². The minimum atomic E-state index is -0.556. The number of nitrogens with zero attached hydrogens (tertiary/aromatic N) is 1. The van der Waals surface area contributed by atoms with Gasteiger partial charge < -0.3 is 15.0 Å². The highest BCUT2D eigenvalue weighted by molar-refractivity contribution is 6.05. The number of hydrogen-bond donors (Lipinski definition) is 2. The Morgan fingerprint density at radius 1 is 1.03 bits per heavy atom. The molecule has 7 nitrogen and oxygen atoms in total. The monoisotopic (exact) mass is 495 g/mol. The summed E-state index contributed by atoms with van der Waals surface area (Å²) in [5.41, 5.74) is 2.98. The number of imide groups is 1. The van der Waals surface area contributed by atoms with E-state index in [4.69, 9.17) is 4.74 Å².